The lowest BCUT2D eigenvalue weighted by Crippen LogP contribution is -2.56. The van der Waals surface area contributed by atoms with Gasteiger partial charge in [0.05, 0.1) is 12.5 Å². The van der Waals surface area contributed by atoms with Gasteiger partial charge in [-0.25, -0.2) is 4.79 Å². The Labute approximate surface area is 207 Å². The molecule has 1 aliphatic rings. The Morgan fingerprint density at radius 2 is 1.64 bits per heavy atom. The van der Waals surface area contributed by atoms with E-state index < -0.39 is 59.7 Å². The van der Waals surface area contributed by atoms with Gasteiger partial charge in [0.25, 0.3) is 0 Å². The molecule has 0 bridgehead atoms. The molecule has 5 amide bonds. The lowest BCUT2D eigenvalue weighted by Gasteiger charge is -2.28. The molecule has 0 aromatic carbocycles. The molecule has 36 heavy (non-hydrogen) atoms. The summed E-state index contributed by atoms with van der Waals surface area (Å²) < 4.78 is 0. The van der Waals surface area contributed by atoms with E-state index in [9.17, 15) is 33.9 Å². The maximum Gasteiger partial charge on any atom is 0.326 e. The molecule has 16 heteroatoms. The van der Waals surface area contributed by atoms with E-state index in [-0.39, 0.29) is 51.2 Å². The molecule has 4 unspecified atom stereocenters. The molecule has 4 atom stereocenters. The molecule has 0 radical (unpaired) electrons. The maximum absolute atomic E-state index is 13.0. The van der Waals surface area contributed by atoms with Crippen LogP contribution in [-0.2, 0) is 28.8 Å². The number of aliphatic imine (C=N–C) groups is 1. The number of hydrogen-bond acceptors (Lipinski definition) is 8. The lowest BCUT2D eigenvalue weighted by molar-refractivity contribution is -0.143. The van der Waals surface area contributed by atoms with Crippen LogP contribution in [-0.4, -0.2) is 88.7 Å². The Hall–Kier alpha value is -3.95. The van der Waals surface area contributed by atoms with Crippen molar-refractivity contribution >= 4 is 41.5 Å². The van der Waals surface area contributed by atoms with Crippen LogP contribution >= 0.6 is 0 Å². The molecule has 1 saturated heterocycles. The monoisotopic (exact) mass is 513 g/mol. The number of hydrogen-bond donors (Lipinski definition) is 8. The van der Waals surface area contributed by atoms with Gasteiger partial charge in [-0.15, -0.1) is 0 Å². The number of carboxylic acids is 1. The van der Waals surface area contributed by atoms with Crippen LogP contribution in [0.2, 0.25) is 0 Å². The average Bonchev–Trinajstić information content (AvgIpc) is 3.26. The number of nitrogens with two attached hydrogens (primary N) is 5. The molecular formula is C20H35N9O7. The molecule has 0 aromatic rings. The number of carboxylic acid groups (broad SMARTS) is 1. The van der Waals surface area contributed by atoms with E-state index in [1.165, 1.54) is 4.90 Å². The maximum atomic E-state index is 13.0. The summed E-state index contributed by atoms with van der Waals surface area (Å²) in [5, 5.41) is 14.2. The van der Waals surface area contributed by atoms with Gasteiger partial charge in [0.1, 0.15) is 18.1 Å². The second-order valence-corrected chi connectivity index (χ2v) is 8.38. The Kier molecular flexibility index (Phi) is 12.1. The number of nitrogens with one attached hydrogen (secondary N) is 2. The second kappa shape index (κ2) is 14.4. The van der Waals surface area contributed by atoms with Crippen molar-refractivity contribution in [1.82, 2.24) is 15.5 Å². The molecule has 0 aromatic heterocycles. The zero-order chi connectivity index (χ0) is 27.4. The zero-order valence-electron chi connectivity index (χ0n) is 19.9. The normalized spacial score (nSPS) is 17.4. The third-order valence-electron chi connectivity index (χ3n) is 5.45. The fraction of sp³-hybridized carbons (Fsp3) is 0.650. The van der Waals surface area contributed by atoms with Crippen LogP contribution in [0.5, 0.6) is 0 Å². The van der Waals surface area contributed by atoms with Gasteiger partial charge in [-0.3, -0.25) is 29.0 Å². The third-order valence-corrected chi connectivity index (χ3v) is 5.45. The first kappa shape index (κ1) is 30.1. The number of nitrogens with zero attached hydrogens (tertiary/aromatic N) is 2. The van der Waals surface area contributed by atoms with Gasteiger partial charge < -0.3 is 49.3 Å². The van der Waals surface area contributed by atoms with Crippen LogP contribution in [0.25, 0.3) is 0 Å². The minimum Gasteiger partial charge on any atom is -0.480 e. The number of amides is 5. The molecule has 1 aliphatic heterocycles. The fourth-order valence-electron chi connectivity index (χ4n) is 3.68. The van der Waals surface area contributed by atoms with Crippen LogP contribution in [0.3, 0.4) is 0 Å². The number of aliphatic carboxylic acids is 1. The summed E-state index contributed by atoms with van der Waals surface area (Å²) in [7, 11) is 0. The van der Waals surface area contributed by atoms with Gasteiger partial charge in [0.2, 0.25) is 29.5 Å². The van der Waals surface area contributed by atoms with E-state index in [4.69, 9.17) is 28.7 Å². The summed E-state index contributed by atoms with van der Waals surface area (Å²) >= 11 is 0. The van der Waals surface area contributed by atoms with E-state index in [1.54, 1.807) is 0 Å². The number of primary amides is 2. The van der Waals surface area contributed by atoms with Gasteiger partial charge in [-0.05, 0) is 32.1 Å². The van der Waals surface area contributed by atoms with Crippen LogP contribution in [0.15, 0.2) is 4.99 Å². The van der Waals surface area contributed by atoms with Crippen molar-refractivity contribution in [3.8, 4) is 0 Å². The quantitative estimate of drug-likeness (QED) is 0.0590. The van der Waals surface area contributed by atoms with Crippen LogP contribution in [0.4, 0.5) is 0 Å². The molecule has 202 valence electrons. The predicted molar refractivity (Wildman–Crippen MR) is 126 cm³/mol. The summed E-state index contributed by atoms with van der Waals surface area (Å²) in [4.78, 5) is 77.2. The Morgan fingerprint density at radius 3 is 2.19 bits per heavy atom. The summed E-state index contributed by atoms with van der Waals surface area (Å²) in [6.45, 7) is 0.362. The zero-order valence-corrected chi connectivity index (χ0v) is 19.9. The Balaban J connectivity index is 2.97. The van der Waals surface area contributed by atoms with E-state index in [2.05, 4.69) is 15.6 Å². The van der Waals surface area contributed by atoms with E-state index in [0.717, 1.165) is 0 Å². The number of guanidine groups is 1. The van der Waals surface area contributed by atoms with E-state index in [1.807, 2.05) is 0 Å². The molecule has 0 saturated carbocycles. The van der Waals surface area contributed by atoms with E-state index in [0.29, 0.717) is 12.8 Å². The number of rotatable bonds is 15. The first-order chi connectivity index (χ1) is 16.8. The third kappa shape index (κ3) is 10.1. The second-order valence-electron chi connectivity index (χ2n) is 8.38. The fourth-order valence-corrected chi connectivity index (χ4v) is 3.68. The Bertz CT molecular complexity index is 876. The molecule has 16 nitrogen and oxygen atoms in total. The highest BCUT2D eigenvalue weighted by Gasteiger charge is 2.38. The lowest BCUT2D eigenvalue weighted by atomic mass is 10.1. The highest BCUT2D eigenvalue weighted by Crippen LogP contribution is 2.19. The van der Waals surface area contributed by atoms with Crippen molar-refractivity contribution in [2.24, 2.45) is 33.7 Å². The van der Waals surface area contributed by atoms with Crippen molar-refractivity contribution < 1.29 is 33.9 Å². The molecule has 1 heterocycles. The first-order valence-corrected chi connectivity index (χ1v) is 11.3. The van der Waals surface area contributed by atoms with Gasteiger partial charge >= 0.3 is 5.97 Å². The molecule has 13 N–H and O–H groups in total. The first-order valence-electron chi connectivity index (χ1n) is 11.3. The highest BCUT2D eigenvalue weighted by atomic mass is 16.4. The van der Waals surface area contributed by atoms with Crippen molar-refractivity contribution in [2.75, 3.05) is 13.1 Å². The van der Waals surface area contributed by atoms with E-state index >= 15 is 0 Å². The molecule has 1 fully saturated rings. The highest BCUT2D eigenvalue weighted by molar-refractivity contribution is 5.95. The standard InChI is InChI=1S/C20H35N9O7/c21-10(9-15(23)31)18(34)29-8-2-4-13(29)17(33)27-11(3-1-7-26-20(24)25)16(32)28-12(19(35)36)5-6-14(22)30/h10-13H,1-9,21H2,(H2,22,30)(H2,23,31)(H,27,33)(H,28,32)(H,35,36)(H4,24,25,26). The van der Waals surface area contributed by atoms with Crippen molar-refractivity contribution in [3.05, 3.63) is 0 Å². The van der Waals surface area contributed by atoms with Crippen molar-refractivity contribution in [1.29, 1.82) is 0 Å². The molecule has 0 aliphatic carbocycles. The number of likely N-dealkylation sites (tertiary alicyclic amines) is 1. The minimum absolute atomic E-state index is 0.0400. The van der Waals surface area contributed by atoms with Crippen LogP contribution in [0.1, 0.15) is 44.9 Å². The molecule has 1 rings (SSSR count). The Morgan fingerprint density at radius 1 is 0.972 bits per heavy atom. The topological polar surface area (TPSA) is 292 Å². The predicted octanol–water partition coefficient (Wildman–Crippen LogP) is -4.45. The molecular weight excluding hydrogens is 478 g/mol. The largest absolute Gasteiger partial charge is 0.480 e. The van der Waals surface area contributed by atoms with Crippen molar-refractivity contribution in [3.63, 3.8) is 0 Å². The SMILES string of the molecule is NC(=O)CCC(NC(=O)C(CCCN=C(N)N)NC(=O)C1CCCN1C(=O)C(N)CC(N)=O)C(=O)O. The van der Waals surface area contributed by atoms with Crippen LogP contribution in [0, 0.1) is 0 Å². The average molecular weight is 514 g/mol. The molecule has 0 spiro atoms. The van der Waals surface area contributed by atoms with Gasteiger partial charge in [-0.2, -0.15) is 0 Å². The smallest absolute Gasteiger partial charge is 0.326 e. The van der Waals surface area contributed by atoms with Crippen LogP contribution < -0.4 is 39.3 Å². The summed E-state index contributed by atoms with van der Waals surface area (Å²) in [5.41, 5.74) is 26.5. The number of carbonyl (C=O) groups is 6. The number of carbonyl (C=O) groups excluding carboxylic acids is 5. The summed E-state index contributed by atoms with van der Waals surface area (Å²) in [6, 6.07) is -4.77. The summed E-state index contributed by atoms with van der Waals surface area (Å²) in [6.07, 6.45) is 0.172. The van der Waals surface area contributed by atoms with Gasteiger partial charge in [-0.1, -0.05) is 0 Å². The summed E-state index contributed by atoms with van der Waals surface area (Å²) in [5.74, 6) is -5.14. The van der Waals surface area contributed by atoms with Gasteiger partial charge in [0, 0.05) is 19.5 Å². The van der Waals surface area contributed by atoms with Crippen molar-refractivity contribution in [2.45, 2.75) is 69.1 Å². The minimum atomic E-state index is -1.42. The van der Waals surface area contributed by atoms with Gasteiger partial charge in [0.15, 0.2) is 5.96 Å².